The molecule has 49 heavy (non-hydrogen) atoms. The van der Waals surface area contributed by atoms with E-state index in [9.17, 15) is 54.3 Å². The average molecular weight is 685 g/mol. The largest absolute Gasteiger partial charge is 0.507 e. The summed E-state index contributed by atoms with van der Waals surface area (Å²) in [5, 5.41) is 59.4. The van der Waals surface area contributed by atoms with Crippen LogP contribution in [0.1, 0.15) is 89.1 Å². The summed E-state index contributed by atoms with van der Waals surface area (Å²) in [5.74, 6) is -6.67. The number of carbonyl (C=O) groups excluding carboxylic acids is 5. The lowest BCUT2D eigenvalue weighted by Crippen LogP contribution is -2.56. The van der Waals surface area contributed by atoms with Gasteiger partial charge in [-0.15, -0.1) is 0 Å². The third kappa shape index (κ3) is 6.35. The van der Waals surface area contributed by atoms with E-state index in [1.54, 1.807) is 0 Å². The Bertz CT molecular complexity index is 1770. The second-order valence-corrected chi connectivity index (χ2v) is 12.4. The molecule has 1 fully saturated rings. The predicted molar refractivity (Wildman–Crippen MR) is 164 cm³/mol. The number of carboxylic acids is 1. The number of aliphatic carboxylic acids is 1. The van der Waals surface area contributed by atoms with Crippen LogP contribution in [-0.2, 0) is 35.1 Å². The lowest BCUT2D eigenvalue weighted by molar-refractivity contribution is -0.249. The molecule has 0 unspecified atom stereocenters. The summed E-state index contributed by atoms with van der Waals surface area (Å²) in [6, 6.07) is 1.69. The standard InChI is InChI=1S/C33H36N2O14/c1-12-27(39)17(35-21(38)8-18(32(44)45)34-14(3)37)9-22(48-12)49-20-11-33(46,13(2)36)10-16-24(20)31(43)26-25(29(16)41)28(40)15-6-5-7-19(47-4)23(15)30(26)42/h5-7,12,17-18,20,22,27,39,41,43,46H,8-11H2,1-4H3,(H,34,37)(H,35,38)(H,44,45)/t12-,17-,18-,20-,22-,27+,33-/m0/s1. The number of aromatic hydroxyl groups is 2. The Balaban J connectivity index is 1.51. The van der Waals surface area contributed by atoms with Crippen LogP contribution in [-0.4, -0.2) is 104 Å². The van der Waals surface area contributed by atoms with Gasteiger partial charge in [-0.05, 0) is 19.9 Å². The molecule has 1 heterocycles. The second-order valence-electron chi connectivity index (χ2n) is 12.4. The van der Waals surface area contributed by atoms with E-state index in [4.69, 9.17) is 14.2 Å². The molecule has 2 aliphatic carbocycles. The van der Waals surface area contributed by atoms with E-state index in [2.05, 4.69) is 10.6 Å². The van der Waals surface area contributed by atoms with Gasteiger partial charge in [0.25, 0.3) is 0 Å². The molecule has 7 N–H and O–H groups in total. The van der Waals surface area contributed by atoms with Gasteiger partial charge in [0.1, 0.15) is 35.0 Å². The molecule has 0 bridgehead atoms. The van der Waals surface area contributed by atoms with E-state index in [1.807, 2.05) is 0 Å². The van der Waals surface area contributed by atoms with Gasteiger partial charge in [0.2, 0.25) is 17.6 Å². The first kappa shape index (κ1) is 35.4. The van der Waals surface area contributed by atoms with Crippen molar-refractivity contribution in [3.05, 3.63) is 51.6 Å². The van der Waals surface area contributed by atoms with Gasteiger partial charge in [-0.25, -0.2) is 4.79 Å². The fraction of sp³-hybridized carbons (Fsp3) is 0.455. The van der Waals surface area contributed by atoms with Crippen LogP contribution in [0.5, 0.6) is 17.2 Å². The highest BCUT2D eigenvalue weighted by Gasteiger charge is 2.49. The number of rotatable bonds is 9. The van der Waals surface area contributed by atoms with Gasteiger partial charge in [0.05, 0.1) is 48.5 Å². The zero-order valence-corrected chi connectivity index (χ0v) is 26.9. The van der Waals surface area contributed by atoms with Crippen molar-refractivity contribution in [2.75, 3.05) is 7.11 Å². The average Bonchev–Trinajstić information content (AvgIpc) is 3.02. The number of amides is 2. The Hall–Kier alpha value is -4.90. The maximum Gasteiger partial charge on any atom is 0.326 e. The zero-order valence-electron chi connectivity index (χ0n) is 26.9. The normalized spacial score (nSPS) is 26.4. The summed E-state index contributed by atoms with van der Waals surface area (Å²) in [6.07, 6.45) is -6.93. The van der Waals surface area contributed by atoms with Crippen molar-refractivity contribution in [3.8, 4) is 17.2 Å². The summed E-state index contributed by atoms with van der Waals surface area (Å²) in [6.45, 7) is 3.67. The molecule has 0 aromatic heterocycles. The van der Waals surface area contributed by atoms with Gasteiger partial charge in [-0.2, -0.15) is 0 Å². The number of methoxy groups -OCH3 is 1. The number of aliphatic hydroxyl groups is 2. The van der Waals surface area contributed by atoms with Gasteiger partial charge >= 0.3 is 5.97 Å². The van der Waals surface area contributed by atoms with E-state index < -0.39 is 119 Å². The molecule has 0 radical (unpaired) electrons. The van der Waals surface area contributed by atoms with Crippen LogP contribution in [0.3, 0.4) is 0 Å². The maximum absolute atomic E-state index is 13.8. The molecule has 2 aromatic rings. The number of ketones is 3. The van der Waals surface area contributed by atoms with Crippen molar-refractivity contribution in [2.24, 2.45) is 0 Å². The molecule has 1 aliphatic heterocycles. The van der Waals surface area contributed by atoms with Crippen LogP contribution in [0.2, 0.25) is 0 Å². The minimum Gasteiger partial charge on any atom is -0.507 e. The van der Waals surface area contributed by atoms with E-state index in [0.29, 0.717) is 0 Å². The SMILES string of the molecule is COc1cccc2c1C(=O)c1c(O)c3c(c(O)c1C2=O)C[C@@](O)(C(C)=O)C[C@@H]3O[C@H]1C[C@H](NC(=O)C[C@H](NC(C)=O)C(=O)O)[C@H](O)[C@H](C)O1. The molecule has 7 atom stereocenters. The van der Waals surface area contributed by atoms with E-state index in [0.717, 1.165) is 13.8 Å². The molecule has 2 aromatic carbocycles. The molecule has 1 saturated heterocycles. The van der Waals surface area contributed by atoms with Gasteiger partial charge in [0.15, 0.2) is 17.9 Å². The molecule has 0 saturated carbocycles. The number of phenols is 2. The Morgan fingerprint density at radius 3 is 2.35 bits per heavy atom. The van der Waals surface area contributed by atoms with E-state index in [-0.39, 0.29) is 34.4 Å². The second kappa shape index (κ2) is 13.2. The molecular formula is C33H36N2O14. The number of fused-ring (bicyclic) bond motifs is 3. The maximum atomic E-state index is 13.8. The Morgan fingerprint density at radius 1 is 1.06 bits per heavy atom. The summed E-state index contributed by atoms with van der Waals surface area (Å²) in [4.78, 5) is 75.9. The van der Waals surface area contributed by atoms with Gasteiger partial charge in [0, 0.05) is 42.9 Å². The smallest absolute Gasteiger partial charge is 0.326 e. The summed E-state index contributed by atoms with van der Waals surface area (Å²) >= 11 is 0. The molecule has 16 heteroatoms. The van der Waals surface area contributed by atoms with Crippen LogP contribution >= 0.6 is 0 Å². The van der Waals surface area contributed by atoms with Gasteiger partial charge < -0.3 is 50.4 Å². The Kier molecular flexibility index (Phi) is 9.53. The molecule has 3 aliphatic rings. The fourth-order valence-corrected chi connectivity index (χ4v) is 6.66. The third-order valence-electron chi connectivity index (χ3n) is 9.16. The number of phenolic OH excluding ortho intramolecular Hbond substituents is 2. The van der Waals surface area contributed by atoms with Crippen molar-refractivity contribution < 1.29 is 68.5 Å². The first-order valence-corrected chi connectivity index (χ1v) is 15.4. The number of nitrogens with one attached hydrogen (secondary N) is 2. The predicted octanol–water partition coefficient (Wildman–Crippen LogP) is 0.166. The Morgan fingerprint density at radius 2 is 1.73 bits per heavy atom. The first-order valence-electron chi connectivity index (χ1n) is 15.4. The number of hydrogen-bond donors (Lipinski definition) is 7. The molecule has 2 amide bonds. The molecule has 5 rings (SSSR count). The number of hydrogen-bond acceptors (Lipinski definition) is 13. The highest BCUT2D eigenvalue weighted by molar-refractivity contribution is 6.31. The van der Waals surface area contributed by atoms with Crippen molar-refractivity contribution in [1.82, 2.24) is 10.6 Å². The van der Waals surface area contributed by atoms with E-state index in [1.165, 1.54) is 32.2 Å². The van der Waals surface area contributed by atoms with Crippen molar-refractivity contribution in [3.63, 3.8) is 0 Å². The van der Waals surface area contributed by atoms with Crippen molar-refractivity contribution in [1.29, 1.82) is 0 Å². The van der Waals surface area contributed by atoms with Crippen LogP contribution in [0.15, 0.2) is 18.2 Å². The first-order chi connectivity index (χ1) is 23.0. The van der Waals surface area contributed by atoms with Crippen molar-refractivity contribution in [2.45, 2.75) is 88.7 Å². The fourth-order valence-electron chi connectivity index (χ4n) is 6.66. The molecule has 0 spiro atoms. The van der Waals surface area contributed by atoms with Crippen LogP contribution in [0, 0.1) is 0 Å². The quantitative estimate of drug-likeness (QED) is 0.148. The third-order valence-corrected chi connectivity index (χ3v) is 9.16. The van der Waals surface area contributed by atoms with Gasteiger partial charge in [-0.3, -0.25) is 24.0 Å². The lowest BCUT2D eigenvalue weighted by atomic mass is 9.72. The number of ether oxygens (including phenoxy) is 3. The van der Waals surface area contributed by atoms with Crippen LogP contribution < -0.4 is 15.4 Å². The number of aliphatic hydroxyl groups excluding tert-OH is 1. The highest BCUT2D eigenvalue weighted by Crippen LogP contribution is 2.52. The summed E-state index contributed by atoms with van der Waals surface area (Å²) in [5.41, 5.74) is -3.78. The van der Waals surface area contributed by atoms with Crippen LogP contribution in [0.25, 0.3) is 0 Å². The van der Waals surface area contributed by atoms with Gasteiger partial charge in [-0.1, -0.05) is 12.1 Å². The summed E-state index contributed by atoms with van der Waals surface area (Å²) in [7, 11) is 1.30. The van der Waals surface area contributed by atoms with Crippen molar-refractivity contribution >= 4 is 35.1 Å². The summed E-state index contributed by atoms with van der Waals surface area (Å²) < 4.78 is 17.3. The lowest BCUT2D eigenvalue weighted by Gasteiger charge is -2.42. The molecule has 262 valence electrons. The number of carbonyl (C=O) groups is 6. The number of Topliss-reactive ketones (excluding diaryl/α,β-unsaturated/α-hetero) is 1. The minimum absolute atomic E-state index is 0.0554. The number of benzene rings is 2. The monoisotopic (exact) mass is 684 g/mol. The zero-order chi connectivity index (χ0) is 36.1. The minimum atomic E-state index is -2.15. The molecule has 16 nitrogen and oxygen atoms in total. The highest BCUT2D eigenvalue weighted by atomic mass is 16.7. The van der Waals surface area contributed by atoms with E-state index >= 15 is 0 Å². The number of carboxylic acid groups (broad SMARTS) is 1. The topological polar surface area (TPSA) is 255 Å². The van der Waals surface area contributed by atoms with Crippen LogP contribution in [0.4, 0.5) is 0 Å². The Labute approximate surface area is 279 Å². The molecular weight excluding hydrogens is 648 g/mol.